The zero-order valence-electron chi connectivity index (χ0n) is 26.7. The van der Waals surface area contributed by atoms with Crippen molar-refractivity contribution in [2.24, 2.45) is 11.8 Å². The van der Waals surface area contributed by atoms with E-state index in [4.69, 9.17) is 32.7 Å². The second kappa shape index (κ2) is 15.4. The van der Waals surface area contributed by atoms with Gasteiger partial charge in [-0.15, -0.1) is 0 Å². The first-order valence-corrected chi connectivity index (χ1v) is 17.7. The summed E-state index contributed by atoms with van der Waals surface area (Å²) < 4.78 is 71.8. The summed E-state index contributed by atoms with van der Waals surface area (Å²) in [5, 5.41) is 11.9. The molecule has 3 aromatic rings. The number of aromatic nitrogens is 1. The first kappa shape index (κ1) is 36.6. The van der Waals surface area contributed by atoms with Crippen LogP contribution in [0, 0.1) is 17.0 Å². The minimum atomic E-state index is -4.09. The molecule has 0 spiro atoms. The molecule has 0 N–H and O–H groups in total. The standard InChI is InChI=1S/C33H35Cl2F2N3O8S/c1-38(2)31(41)22-5-3-7-24(13-22)49(44,45)40-12-4-6-23(16-40)32(42)47-29(15-25-26(34)17-39(43)18-27(25)35)21-10-11-28(48-33(36)37)30(14-21)46-19-20-8-9-20/h3,5,7,10-11,13-14,17-18,20,23,29,33H,4,6,8-9,12,15-16,19H2,1-2H3/t23-,29+/m1/s1. The number of halogens is 4. The number of ether oxygens (including phenoxy) is 3. The molecule has 16 heteroatoms. The summed E-state index contributed by atoms with van der Waals surface area (Å²) in [5.74, 6) is -1.82. The van der Waals surface area contributed by atoms with Gasteiger partial charge >= 0.3 is 12.6 Å². The van der Waals surface area contributed by atoms with Gasteiger partial charge in [0.05, 0.1) is 17.4 Å². The second-order valence-corrected chi connectivity index (χ2v) is 14.9. The SMILES string of the molecule is CN(C)C(=O)c1cccc(S(=O)(=O)N2CCC[C@@H](C(=O)O[C@@H](Cc3c(Cl)c[n+]([O-])cc3Cl)c3ccc(OC(F)F)c(OCC4CC4)c3)C2)c1. The summed E-state index contributed by atoms with van der Waals surface area (Å²) in [4.78, 5) is 27.5. The third-order valence-electron chi connectivity index (χ3n) is 8.28. The molecule has 5 rings (SSSR count). The van der Waals surface area contributed by atoms with Crippen LogP contribution in [0.25, 0.3) is 0 Å². The van der Waals surface area contributed by atoms with Crippen LogP contribution in [-0.2, 0) is 26.0 Å². The van der Waals surface area contributed by atoms with Gasteiger partial charge < -0.3 is 24.3 Å². The summed E-state index contributed by atoms with van der Waals surface area (Å²) in [6, 6.07) is 9.87. The quantitative estimate of drug-likeness (QED) is 0.125. The third kappa shape index (κ3) is 9.10. The van der Waals surface area contributed by atoms with Crippen molar-refractivity contribution in [1.29, 1.82) is 0 Å². The zero-order valence-corrected chi connectivity index (χ0v) is 29.0. The van der Waals surface area contributed by atoms with Crippen LogP contribution in [0.5, 0.6) is 11.5 Å². The van der Waals surface area contributed by atoms with E-state index < -0.39 is 34.6 Å². The highest BCUT2D eigenvalue weighted by atomic mass is 35.5. The highest BCUT2D eigenvalue weighted by molar-refractivity contribution is 7.89. The van der Waals surface area contributed by atoms with E-state index in [9.17, 15) is 32.0 Å². The number of nitrogens with zero attached hydrogens (tertiary/aromatic N) is 3. The van der Waals surface area contributed by atoms with Gasteiger partial charge in [-0.2, -0.15) is 17.8 Å². The Kier molecular flexibility index (Phi) is 11.5. The maximum Gasteiger partial charge on any atom is 0.387 e. The van der Waals surface area contributed by atoms with Gasteiger partial charge in [0, 0.05) is 44.7 Å². The molecule has 1 aliphatic heterocycles. The molecule has 264 valence electrons. The Hall–Kier alpha value is -3.72. The van der Waals surface area contributed by atoms with Crippen LogP contribution in [-0.4, -0.2) is 69.9 Å². The molecule has 1 amide bonds. The molecule has 0 bridgehead atoms. The summed E-state index contributed by atoms with van der Waals surface area (Å²) in [6.45, 7) is -2.85. The van der Waals surface area contributed by atoms with Crippen LogP contribution in [0.15, 0.2) is 59.8 Å². The van der Waals surface area contributed by atoms with E-state index in [1.54, 1.807) is 14.1 Å². The van der Waals surface area contributed by atoms with Crippen molar-refractivity contribution >= 4 is 45.1 Å². The molecule has 11 nitrogen and oxygen atoms in total. The maximum atomic E-state index is 13.8. The van der Waals surface area contributed by atoms with Crippen molar-refractivity contribution in [3.8, 4) is 11.5 Å². The molecule has 1 aliphatic carbocycles. The minimum Gasteiger partial charge on any atom is -0.619 e. The number of carbonyl (C=O) groups is 2. The molecule has 2 aliphatic rings. The van der Waals surface area contributed by atoms with Crippen LogP contribution >= 0.6 is 23.2 Å². The molecule has 1 saturated heterocycles. The molecule has 2 aromatic carbocycles. The van der Waals surface area contributed by atoms with E-state index in [1.807, 2.05) is 0 Å². The number of carbonyl (C=O) groups excluding carboxylic acids is 2. The topological polar surface area (TPSA) is 129 Å². The molecular weight excluding hydrogens is 707 g/mol. The largest absolute Gasteiger partial charge is 0.619 e. The van der Waals surface area contributed by atoms with Gasteiger partial charge in [-0.25, -0.2) is 8.42 Å². The number of pyridine rings is 1. The van der Waals surface area contributed by atoms with Gasteiger partial charge in [0.15, 0.2) is 23.9 Å². The lowest BCUT2D eigenvalue weighted by Gasteiger charge is -2.32. The van der Waals surface area contributed by atoms with Crippen molar-refractivity contribution in [3.05, 3.63) is 86.8 Å². The Balaban J connectivity index is 1.41. The fraction of sp³-hybridized carbons (Fsp3) is 0.424. The highest BCUT2D eigenvalue weighted by Crippen LogP contribution is 2.38. The van der Waals surface area contributed by atoms with E-state index in [0.29, 0.717) is 34.6 Å². The minimum absolute atomic E-state index is 0.0105. The first-order chi connectivity index (χ1) is 23.2. The lowest BCUT2D eigenvalue weighted by Crippen LogP contribution is -2.43. The lowest BCUT2D eigenvalue weighted by molar-refractivity contribution is -0.605. The van der Waals surface area contributed by atoms with Gasteiger partial charge in [0.1, 0.15) is 16.1 Å². The Labute approximate surface area is 292 Å². The van der Waals surface area contributed by atoms with E-state index >= 15 is 0 Å². The van der Waals surface area contributed by atoms with Gasteiger partial charge in [-0.1, -0.05) is 35.3 Å². The molecule has 0 radical (unpaired) electrons. The van der Waals surface area contributed by atoms with Gasteiger partial charge in [0.25, 0.3) is 5.91 Å². The lowest BCUT2D eigenvalue weighted by atomic mass is 9.98. The zero-order chi connectivity index (χ0) is 35.5. The monoisotopic (exact) mass is 741 g/mol. The normalized spacial score (nSPS) is 17.4. The summed E-state index contributed by atoms with van der Waals surface area (Å²) >= 11 is 12.7. The molecule has 0 unspecified atom stereocenters. The number of sulfonamides is 1. The molecular formula is C33H35Cl2F2N3O8S. The number of esters is 1. The third-order valence-corrected chi connectivity index (χ3v) is 10.8. The number of hydrogen-bond donors (Lipinski definition) is 0. The Morgan fingerprint density at radius 3 is 2.43 bits per heavy atom. The summed E-state index contributed by atoms with van der Waals surface area (Å²) in [6.07, 6.45) is 3.56. The molecule has 1 aromatic heterocycles. The fourth-order valence-corrected chi connectivity index (χ4v) is 7.62. The predicted molar refractivity (Wildman–Crippen MR) is 175 cm³/mol. The Morgan fingerprint density at radius 1 is 1.06 bits per heavy atom. The van der Waals surface area contributed by atoms with Gasteiger partial charge in [0.2, 0.25) is 10.0 Å². The van der Waals surface area contributed by atoms with E-state index in [0.717, 1.165) is 25.2 Å². The number of alkyl halides is 2. The smallest absolute Gasteiger partial charge is 0.387 e. The van der Waals surface area contributed by atoms with Crippen molar-refractivity contribution in [2.75, 3.05) is 33.8 Å². The fourth-order valence-electron chi connectivity index (χ4n) is 5.45. The van der Waals surface area contributed by atoms with Crippen LogP contribution in [0.2, 0.25) is 10.0 Å². The number of piperidine rings is 1. The maximum absolute atomic E-state index is 13.8. The average Bonchev–Trinajstić information content (AvgIpc) is 3.89. The Morgan fingerprint density at radius 2 is 1.78 bits per heavy atom. The van der Waals surface area contributed by atoms with Crippen molar-refractivity contribution in [1.82, 2.24) is 9.21 Å². The number of benzene rings is 2. The van der Waals surface area contributed by atoms with Crippen LogP contribution < -0.4 is 14.2 Å². The van der Waals surface area contributed by atoms with Crippen LogP contribution in [0.4, 0.5) is 8.78 Å². The van der Waals surface area contributed by atoms with Crippen molar-refractivity contribution in [2.45, 2.75) is 49.7 Å². The summed E-state index contributed by atoms with van der Waals surface area (Å²) in [5.41, 5.74) is 0.837. The molecule has 49 heavy (non-hydrogen) atoms. The number of hydrogen-bond acceptors (Lipinski definition) is 8. The van der Waals surface area contributed by atoms with E-state index in [1.165, 1.54) is 51.7 Å². The Bertz CT molecular complexity index is 1790. The van der Waals surface area contributed by atoms with Gasteiger partial charge in [-0.3, -0.25) is 9.59 Å². The van der Waals surface area contributed by atoms with Crippen molar-refractivity contribution < 1.29 is 45.7 Å². The molecule has 2 fully saturated rings. The molecule has 2 atom stereocenters. The van der Waals surface area contributed by atoms with Gasteiger partial charge in [-0.05, 0) is 67.5 Å². The molecule has 2 heterocycles. The number of amides is 1. The van der Waals surface area contributed by atoms with E-state index in [2.05, 4.69) is 4.74 Å². The number of rotatable bonds is 13. The van der Waals surface area contributed by atoms with Crippen molar-refractivity contribution in [3.63, 3.8) is 0 Å². The average molecular weight is 743 g/mol. The van der Waals surface area contributed by atoms with Crippen LogP contribution in [0.1, 0.15) is 53.3 Å². The van der Waals surface area contributed by atoms with Crippen LogP contribution in [0.3, 0.4) is 0 Å². The highest BCUT2D eigenvalue weighted by Gasteiger charge is 2.36. The predicted octanol–water partition coefficient (Wildman–Crippen LogP) is 5.65. The summed E-state index contributed by atoms with van der Waals surface area (Å²) in [7, 11) is -0.966. The molecule has 1 saturated carbocycles. The second-order valence-electron chi connectivity index (χ2n) is 12.2. The van der Waals surface area contributed by atoms with E-state index in [-0.39, 0.29) is 64.0 Å². The first-order valence-electron chi connectivity index (χ1n) is 15.5.